The number of amides is 1. The van der Waals surface area contributed by atoms with E-state index in [1.807, 2.05) is 6.92 Å². The van der Waals surface area contributed by atoms with E-state index < -0.39 is 42.7 Å². The lowest BCUT2D eigenvalue weighted by atomic mass is 10.0. The molecule has 0 bridgehead atoms. The zero-order valence-corrected chi connectivity index (χ0v) is 31.3. The molecule has 6 N–H and O–H groups in total. The maximum atomic E-state index is 12.7. The van der Waals surface area contributed by atoms with Gasteiger partial charge in [0.05, 0.1) is 37.1 Å². The van der Waals surface area contributed by atoms with Gasteiger partial charge >= 0.3 is 0 Å². The van der Waals surface area contributed by atoms with Gasteiger partial charge < -0.3 is 35.6 Å². The second kappa shape index (κ2) is 31.0. The van der Waals surface area contributed by atoms with Gasteiger partial charge in [-0.2, -0.15) is 0 Å². The zero-order valence-electron chi connectivity index (χ0n) is 31.3. The average molecular weight is 686 g/mol. The summed E-state index contributed by atoms with van der Waals surface area (Å²) in [5, 5.41) is 54.2. The summed E-state index contributed by atoms with van der Waals surface area (Å²) in [4.78, 5) is 12.7. The van der Waals surface area contributed by atoms with E-state index in [1.165, 1.54) is 128 Å². The Morgan fingerprint density at radius 3 is 1.52 bits per heavy atom. The summed E-state index contributed by atoms with van der Waals surface area (Å²) in [7, 11) is 0. The molecule has 286 valence electrons. The Kier molecular flexibility index (Phi) is 29.2. The third-order valence-electron chi connectivity index (χ3n) is 10.4. The fraction of sp³-hybridized carbons (Fsp3) is 0.975. The molecule has 8 nitrogen and oxygen atoms in total. The van der Waals surface area contributed by atoms with Crippen molar-refractivity contribution in [2.45, 2.75) is 243 Å². The van der Waals surface area contributed by atoms with Crippen LogP contribution in [0, 0.1) is 0 Å². The van der Waals surface area contributed by atoms with Crippen molar-refractivity contribution in [3.8, 4) is 0 Å². The lowest BCUT2D eigenvalue weighted by Crippen LogP contribution is -2.50. The lowest BCUT2D eigenvalue weighted by Gasteiger charge is -2.30. The maximum absolute atomic E-state index is 12.7. The van der Waals surface area contributed by atoms with Crippen molar-refractivity contribution < 1.29 is 35.1 Å². The predicted molar refractivity (Wildman–Crippen MR) is 197 cm³/mol. The number of unbranched alkanes of at least 4 members (excludes halogenated alkanes) is 22. The summed E-state index contributed by atoms with van der Waals surface area (Å²) in [5.41, 5.74) is 0. The van der Waals surface area contributed by atoms with Crippen molar-refractivity contribution in [1.29, 1.82) is 0 Å². The molecule has 0 aliphatic heterocycles. The SMILES string of the molecule is CCCCCCCCCCCCCCCCCCCCCCCCCC(=O)NC(COC1CCCC(O)C(O)C1O)C(O)CC(O)CC. The van der Waals surface area contributed by atoms with Gasteiger partial charge in [0.15, 0.2) is 0 Å². The summed E-state index contributed by atoms with van der Waals surface area (Å²) < 4.78 is 5.87. The number of carbonyl (C=O) groups is 1. The lowest BCUT2D eigenvalue weighted by molar-refractivity contribution is -0.130. The van der Waals surface area contributed by atoms with E-state index in [1.54, 1.807) is 0 Å². The first-order valence-corrected chi connectivity index (χ1v) is 20.6. The number of hydrogen-bond donors (Lipinski definition) is 6. The van der Waals surface area contributed by atoms with E-state index in [-0.39, 0.29) is 18.9 Å². The molecule has 0 aromatic rings. The quantitative estimate of drug-likeness (QED) is 0.0311. The molecule has 1 amide bonds. The molecule has 0 saturated heterocycles. The van der Waals surface area contributed by atoms with Crippen molar-refractivity contribution in [2.75, 3.05) is 6.61 Å². The van der Waals surface area contributed by atoms with E-state index in [2.05, 4.69) is 12.2 Å². The van der Waals surface area contributed by atoms with Crippen molar-refractivity contribution in [3.05, 3.63) is 0 Å². The summed E-state index contributed by atoms with van der Waals surface area (Å²) in [5.74, 6) is -0.158. The maximum Gasteiger partial charge on any atom is 0.220 e. The molecule has 1 fully saturated rings. The standard InChI is InChI=1S/C40H79NO7/c1-3-5-6-7-8-9-10-11-12-13-14-15-16-17-18-19-20-21-22-23-24-25-26-30-38(45)41-34(36(44)31-33(42)4-2)32-48-37-29-27-28-35(43)39(46)40(37)47/h33-37,39-40,42-44,46-47H,3-32H2,1-2H3,(H,41,45). The molecule has 48 heavy (non-hydrogen) atoms. The van der Waals surface area contributed by atoms with Crippen molar-refractivity contribution in [1.82, 2.24) is 5.32 Å². The fourth-order valence-corrected chi connectivity index (χ4v) is 6.94. The first kappa shape index (κ1) is 45.3. The van der Waals surface area contributed by atoms with Gasteiger partial charge in [0, 0.05) is 12.8 Å². The summed E-state index contributed by atoms with van der Waals surface area (Å²) in [6, 6.07) is -0.735. The van der Waals surface area contributed by atoms with E-state index in [9.17, 15) is 30.3 Å². The summed E-state index contributed by atoms with van der Waals surface area (Å²) in [6.07, 6.45) is 27.0. The highest BCUT2D eigenvalue weighted by atomic mass is 16.5. The Balaban J connectivity index is 2.06. The summed E-state index contributed by atoms with van der Waals surface area (Å²) >= 11 is 0. The van der Waals surface area contributed by atoms with Gasteiger partial charge in [-0.15, -0.1) is 0 Å². The minimum absolute atomic E-state index is 0.0483. The number of aliphatic hydroxyl groups excluding tert-OH is 5. The van der Waals surface area contributed by atoms with Crippen LogP contribution in [0.5, 0.6) is 0 Å². The van der Waals surface area contributed by atoms with E-state index in [0.717, 1.165) is 19.3 Å². The average Bonchev–Trinajstić information content (AvgIpc) is 3.19. The predicted octanol–water partition coefficient (Wildman–Crippen LogP) is 8.03. The number of carbonyl (C=O) groups excluding carboxylic acids is 1. The van der Waals surface area contributed by atoms with Gasteiger partial charge in [-0.25, -0.2) is 0 Å². The Labute approximate surface area is 295 Å². The van der Waals surface area contributed by atoms with E-state index >= 15 is 0 Å². The van der Waals surface area contributed by atoms with Gasteiger partial charge in [-0.1, -0.05) is 155 Å². The molecule has 7 unspecified atom stereocenters. The Morgan fingerprint density at radius 2 is 1.08 bits per heavy atom. The van der Waals surface area contributed by atoms with Gasteiger partial charge in [0.1, 0.15) is 12.2 Å². The third-order valence-corrected chi connectivity index (χ3v) is 10.4. The van der Waals surface area contributed by atoms with Crippen LogP contribution in [0.15, 0.2) is 0 Å². The smallest absolute Gasteiger partial charge is 0.220 e. The molecular weight excluding hydrogens is 606 g/mol. The van der Waals surface area contributed by atoms with Crippen LogP contribution in [-0.2, 0) is 9.53 Å². The van der Waals surface area contributed by atoms with Gasteiger partial charge in [-0.05, 0) is 32.1 Å². The Bertz CT molecular complexity index is 726. The summed E-state index contributed by atoms with van der Waals surface area (Å²) in [6.45, 7) is 4.07. The monoisotopic (exact) mass is 686 g/mol. The molecule has 0 aromatic carbocycles. The fourth-order valence-electron chi connectivity index (χ4n) is 6.94. The minimum atomic E-state index is -1.30. The molecule has 1 saturated carbocycles. The first-order valence-electron chi connectivity index (χ1n) is 20.6. The molecule has 0 spiro atoms. The zero-order chi connectivity index (χ0) is 35.2. The second-order valence-electron chi connectivity index (χ2n) is 14.9. The normalized spacial score (nSPS) is 21.9. The van der Waals surface area contributed by atoms with Crippen LogP contribution in [0.25, 0.3) is 0 Å². The number of ether oxygens (including phenoxy) is 1. The molecule has 0 aromatic heterocycles. The second-order valence-corrected chi connectivity index (χ2v) is 14.9. The van der Waals surface area contributed by atoms with Crippen LogP contribution in [0.3, 0.4) is 0 Å². The highest BCUT2D eigenvalue weighted by molar-refractivity contribution is 5.76. The van der Waals surface area contributed by atoms with Crippen molar-refractivity contribution >= 4 is 5.91 Å². The number of aliphatic hydroxyl groups is 5. The molecule has 0 radical (unpaired) electrons. The van der Waals surface area contributed by atoms with Crippen LogP contribution >= 0.6 is 0 Å². The Morgan fingerprint density at radius 1 is 0.646 bits per heavy atom. The molecule has 1 rings (SSSR count). The van der Waals surface area contributed by atoms with Crippen LogP contribution < -0.4 is 5.32 Å². The van der Waals surface area contributed by atoms with Crippen LogP contribution in [0.4, 0.5) is 0 Å². The largest absolute Gasteiger partial charge is 0.393 e. The number of nitrogens with one attached hydrogen (secondary N) is 1. The highest BCUT2D eigenvalue weighted by Crippen LogP contribution is 2.23. The van der Waals surface area contributed by atoms with Crippen LogP contribution in [-0.4, -0.2) is 80.7 Å². The van der Waals surface area contributed by atoms with E-state index in [4.69, 9.17) is 4.74 Å². The van der Waals surface area contributed by atoms with Gasteiger partial charge in [-0.3, -0.25) is 4.79 Å². The molecule has 1 aliphatic carbocycles. The van der Waals surface area contributed by atoms with Crippen molar-refractivity contribution in [2.24, 2.45) is 0 Å². The minimum Gasteiger partial charge on any atom is -0.393 e. The van der Waals surface area contributed by atoms with Crippen molar-refractivity contribution in [3.63, 3.8) is 0 Å². The van der Waals surface area contributed by atoms with Crippen LogP contribution in [0.1, 0.15) is 200 Å². The topological polar surface area (TPSA) is 139 Å². The van der Waals surface area contributed by atoms with Gasteiger partial charge in [0.2, 0.25) is 5.91 Å². The molecular formula is C40H79NO7. The van der Waals surface area contributed by atoms with Crippen LogP contribution in [0.2, 0.25) is 0 Å². The molecule has 1 aliphatic rings. The highest BCUT2D eigenvalue weighted by Gasteiger charge is 2.36. The molecule has 0 heterocycles. The molecule has 7 atom stereocenters. The van der Waals surface area contributed by atoms with Gasteiger partial charge in [0.25, 0.3) is 0 Å². The number of rotatable bonds is 32. The molecule has 8 heteroatoms. The third kappa shape index (κ3) is 23.6. The first-order chi connectivity index (χ1) is 23.3. The number of hydrogen-bond acceptors (Lipinski definition) is 7. The Hall–Kier alpha value is -0.770. The van der Waals surface area contributed by atoms with E-state index in [0.29, 0.717) is 32.1 Å².